The number of carbonyl (C=O) groups excluding carboxylic acids is 2. The van der Waals surface area contributed by atoms with Crippen molar-refractivity contribution < 1.29 is 14.3 Å². The van der Waals surface area contributed by atoms with Crippen LogP contribution in [0.3, 0.4) is 0 Å². The predicted molar refractivity (Wildman–Crippen MR) is 107 cm³/mol. The number of amides is 1. The molecule has 142 valence electrons. The van der Waals surface area contributed by atoms with Crippen LogP contribution in [0.2, 0.25) is 0 Å². The summed E-state index contributed by atoms with van der Waals surface area (Å²) in [7, 11) is 0. The van der Waals surface area contributed by atoms with E-state index >= 15 is 0 Å². The summed E-state index contributed by atoms with van der Waals surface area (Å²) < 4.78 is 5.00. The molecular formula is C23H27NO3. The van der Waals surface area contributed by atoms with Crippen LogP contribution in [0.5, 0.6) is 0 Å². The van der Waals surface area contributed by atoms with Gasteiger partial charge in [-0.25, -0.2) is 4.79 Å². The number of ether oxygens (including phenoxy) is 1. The van der Waals surface area contributed by atoms with Gasteiger partial charge >= 0.3 is 5.97 Å². The highest BCUT2D eigenvalue weighted by Gasteiger charge is 2.30. The summed E-state index contributed by atoms with van der Waals surface area (Å²) in [5.41, 5.74) is 2.26. The third kappa shape index (κ3) is 4.97. The van der Waals surface area contributed by atoms with E-state index in [4.69, 9.17) is 4.74 Å². The van der Waals surface area contributed by atoms with E-state index < -0.39 is 0 Å². The van der Waals surface area contributed by atoms with Gasteiger partial charge in [0.05, 0.1) is 18.1 Å². The summed E-state index contributed by atoms with van der Waals surface area (Å²) in [5.74, 6) is -0.0899. The number of anilines is 1. The molecule has 3 rings (SSSR count). The second-order valence-electron chi connectivity index (χ2n) is 7.07. The van der Waals surface area contributed by atoms with Gasteiger partial charge in [-0.05, 0) is 55.5 Å². The highest BCUT2D eigenvalue weighted by Crippen LogP contribution is 2.36. The van der Waals surface area contributed by atoms with Gasteiger partial charge < -0.3 is 10.1 Å². The second kappa shape index (κ2) is 9.36. The van der Waals surface area contributed by atoms with Crippen molar-refractivity contribution >= 4 is 17.6 Å². The van der Waals surface area contributed by atoms with E-state index in [1.54, 1.807) is 31.2 Å². The molecule has 1 fully saturated rings. The van der Waals surface area contributed by atoms with Crippen LogP contribution < -0.4 is 5.32 Å². The van der Waals surface area contributed by atoms with Crippen LogP contribution in [-0.2, 0) is 9.53 Å². The third-order valence-electron chi connectivity index (χ3n) is 5.23. The number of benzene rings is 2. The van der Waals surface area contributed by atoms with Crippen molar-refractivity contribution in [1.29, 1.82) is 0 Å². The molecule has 0 aliphatic heterocycles. The lowest BCUT2D eigenvalue weighted by Gasteiger charge is -2.29. The molecule has 0 heterocycles. The fourth-order valence-corrected chi connectivity index (χ4v) is 3.89. The number of hydrogen-bond donors (Lipinski definition) is 1. The Kier molecular flexibility index (Phi) is 6.64. The summed E-state index contributed by atoms with van der Waals surface area (Å²) in [6, 6.07) is 16.9. The van der Waals surface area contributed by atoms with E-state index in [9.17, 15) is 9.59 Å². The summed E-state index contributed by atoms with van der Waals surface area (Å²) in [4.78, 5) is 24.9. The molecule has 0 spiro atoms. The second-order valence-corrected chi connectivity index (χ2v) is 7.07. The molecule has 0 aromatic heterocycles. The zero-order valence-electron chi connectivity index (χ0n) is 15.8. The number of hydrogen-bond acceptors (Lipinski definition) is 3. The van der Waals surface area contributed by atoms with Gasteiger partial charge in [-0.2, -0.15) is 0 Å². The molecule has 1 aliphatic carbocycles. The minimum absolute atomic E-state index is 0.0250. The SMILES string of the molecule is CCOC(=O)c1ccc(NC(=O)C(c2ccccc2)C2CCCCC2)cc1. The summed E-state index contributed by atoms with van der Waals surface area (Å²) >= 11 is 0. The normalized spacial score (nSPS) is 15.7. The Morgan fingerprint density at radius 1 is 1.00 bits per heavy atom. The average molecular weight is 365 g/mol. The van der Waals surface area contributed by atoms with E-state index in [0.29, 0.717) is 23.8 Å². The highest BCUT2D eigenvalue weighted by molar-refractivity contribution is 5.97. The van der Waals surface area contributed by atoms with Crippen LogP contribution in [0.15, 0.2) is 54.6 Å². The van der Waals surface area contributed by atoms with Crippen LogP contribution >= 0.6 is 0 Å². The minimum atomic E-state index is -0.347. The van der Waals surface area contributed by atoms with E-state index in [-0.39, 0.29) is 17.8 Å². The van der Waals surface area contributed by atoms with Gasteiger partial charge in [-0.1, -0.05) is 49.6 Å². The van der Waals surface area contributed by atoms with Crippen LogP contribution in [0, 0.1) is 5.92 Å². The maximum Gasteiger partial charge on any atom is 0.338 e. The molecular weight excluding hydrogens is 338 g/mol. The first-order chi connectivity index (χ1) is 13.2. The molecule has 4 nitrogen and oxygen atoms in total. The first kappa shape index (κ1) is 19.2. The first-order valence-electron chi connectivity index (χ1n) is 9.82. The van der Waals surface area contributed by atoms with Gasteiger partial charge in [0.1, 0.15) is 0 Å². The highest BCUT2D eigenvalue weighted by atomic mass is 16.5. The molecule has 1 unspecified atom stereocenters. The number of carbonyl (C=O) groups is 2. The Morgan fingerprint density at radius 2 is 1.67 bits per heavy atom. The van der Waals surface area contributed by atoms with Crippen molar-refractivity contribution in [3.8, 4) is 0 Å². The number of nitrogens with one attached hydrogen (secondary N) is 1. The molecule has 1 amide bonds. The molecule has 1 N–H and O–H groups in total. The molecule has 2 aromatic rings. The van der Waals surface area contributed by atoms with Crippen molar-refractivity contribution in [2.45, 2.75) is 44.9 Å². The molecule has 2 aromatic carbocycles. The van der Waals surface area contributed by atoms with Gasteiger partial charge in [0.2, 0.25) is 5.91 Å². The number of rotatable bonds is 6. The predicted octanol–water partition coefficient (Wildman–Crippen LogP) is 5.17. The van der Waals surface area contributed by atoms with Gasteiger partial charge in [-0.3, -0.25) is 4.79 Å². The minimum Gasteiger partial charge on any atom is -0.462 e. The maximum absolute atomic E-state index is 13.1. The fraction of sp³-hybridized carbons (Fsp3) is 0.391. The van der Waals surface area contributed by atoms with Crippen LogP contribution in [0.1, 0.15) is 60.9 Å². The van der Waals surface area contributed by atoms with Gasteiger partial charge in [0.15, 0.2) is 0 Å². The van der Waals surface area contributed by atoms with Crippen molar-refractivity contribution in [3.63, 3.8) is 0 Å². The van der Waals surface area contributed by atoms with Gasteiger partial charge in [-0.15, -0.1) is 0 Å². The molecule has 1 saturated carbocycles. The van der Waals surface area contributed by atoms with Crippen LogP contribution in [0.4, 0.5) is 5.69 Å². The molecule has 4 heteroatoms. The van der Waals surface area contributed by atoms with E-state index in [1.807, 2.05) is 30.3 Å². The Bertz CT molecular complexity index is 749. The Labute approximate surface area is 160 Å². The zero-order chi connectivity index (χ0) is 19.1. The Balaban J connectivity index is 1.75. The summed E-state index contributed by atoms with van der Waals surface area (Å²) in [5, 5.41) is 3.04. The van der Waals surface area contributed by atoms with E-state index in [1.165, 1.54) is 19.3 Å². The quantitative estimate of drug-likeness (QED) is 0.719. The van der Waals surface area contributed by atoms with E-state index in [2.05, 4.69) is 5.32 Å². The first-order valence-corrected chi connectivity index (χ1v) is 9.82. The topological polar surface area (TPSA) is 55.4 Å². The zero-order valence-corrected chi connectivity index (χ0v) is 15.8. The van der Waals surface area contributed by atoms with E-state index in [0.717, 1.165) is 18.4 Å². The van der Waals surface area contributed by atoms with Crippen LogP contribution in [0.25, 0.3) is 0 Å². The number of esters is 1. The lowest BCUT2D eigenvalue weighted by Crippen LogP contribution is -2.29. The van der Waals surface area contributed by atoms with Crippen molar-refractivity contribution in [2.24, 2.45) is 5.92 Å². The molecule has 1 aliphatic rings. The lowest BCUT2D eigenvalue weighted by atomic mass is 9.76. The summed E-state index contributed by atoms with van der Waals surface area (Å²) in [6.45, 7) is 2.12. The third-order valence-corrected chi connectivity index (χ3v) is 5.23. The largest absolute Gasteiger partial charge is 0.462 e. The maximum atomic E-state index is 13.1. The van der Waals surface area contributed by atoms with Crippen molar-refractivity contribution in [1.82, 2.24) is 0 Å². The molecule has 27 heavy (non-hydrogen) atoms. The fourth-order valence-electron chi connectivity index (χ4n) is 3.89. The Morgan fingerprint density at radius 3 is 2.30 bits per heavy atom. The summed E-state index contributed by atoms with van der Waals surface area (Å²) in [6.07, 6.45) is 5.82. The van der Waals surface area contributed by atoms with Crippen molar-refractivity contribution in [2.75, 3.05) is 11.9 Å². The smallest absolute Gasteiger partial charge is 0.338 e. The van der Waals surface area contributed by atoms with Crippen molar-refractivity contribution in [3.05, 3.63) is 65.7 Å². The molecule has 0 radical (unpaired) electrons. The molecule has 0 saturated heterocycles. The Hall–Kier alpha value is -2.62. The van der Waals surface area contributed by atoms with Crippen LogP contribution in [-0.4, -0.2) is 18.5 Å². The standard InChI is InChI=1S/C23H27NO3/c1-2-27-23(26)19-13-15-20(16-14-19)24-22(25)21(17-9-5-3-6-10-17)18-11-7-4-8-12-18/h3,5-6,9-10,13-16,18,21H,2,4,7-8,11-12H2,1H3,(H,24,25). The van der Waals surface area contributed by atoms with Gasteiger partial charge in [0.25, 0.3) is 0 Å². The monoisotopic (exact) mass is 365 g/mol. The average Bonchev–Trinajstić information content (AvgIpc) is 2.70. The molecule has 1 atom stereocenters. The van der Waals surface area contributed by atoms with Gasteiger partial charge in [0, 0.05) is 5.69 Å². The lowest BCUT2D eigenvalue weighted by molar-refractivity contribution is -0.119. The molecule has 0 bridgehead atoms.